The van der Waals surface area contributed by atoms with E-state index in [1.54, 1.807) is 57.0 Å². The Morgan fingerprint density at radius 3 is 2.18 bits per heavy atom. The summed E-state index contributed by atoms with van der Waals surface area (Å²) in [4.78, 5) is 41.4. The minimum atomic E-state index is -0.910. The van der Waals surface area contributed by atoms with Gasteiger partial charge in [0.1, 0.15) is 23.9 Å². The summed E-state index contributed by atoms with van der Waals surface area (Å²) in [6, 6.07) is 13.4. The van der Waals surface area contributed by atoms with E-state index in [-0.39, 0.29) is 24.4 Å². The van der Waals surface area contributed by atoms with E-state index in [1.807, 2.05) is 38.1 Å². The van der Waals surface area contributed by atoms with Gasteiger partial charge in [0.15, 0.2) is 0 Å². The third-order valence-corrected chi connectivity index (χ3v) is 5.95. The molecule has 0 fully saturated rings. The maximum Gasteiger partial charge on any atom is 0.408 e. The molecule has 2 rings (SSSR count). The number of nitrogens with one attached hydrogen (secondary N) is 2. The molecule has 3 amide bonds. The molecule has 2 unspecified atom stereocenters. The van der Waals surface area contributed by atoms with E-state index in [0.29, 0.717) is 29.3 Å². The SMILES string of the molecule is COc1ccc(NC(=O)C(c2cccc(C)c2)N(C(=O)CNC(=O)OC(C)(C)C)C(C)CCC(C)C)cc1. The second-order valence-electron chi connectivity index (χ2n) is 11.0. The average Bonchev–Trinajstić information content (AvgIpc) is 2.83. The molecule has 2 aromatic carbocycles. The quantitative estimate of drug-likeness (QED) is 0.383. The Bertz CT molecular complexity index is 1080. The van der Waals surface area contributed by atoms with Crippen molar-refractivity contribution in [2.45, 2.75) is 79.0 Å². The molecule has 2 N–H and O–H groups in total. The fraction of sp³-hybridized carbons (Fsp3) is 0.500. The number of benzene rings is 2. The van der Waals surface area contributed by atoms with E-state index in [2.05, 4.69) is 24.5 Å². The van der Waals surface area contributed by atoms with Crippen LogP contribution in [0.5, 0.6) is 5.75 Å². The first kappa shape index (κ1) is 30.7. The largest absolute Gasteiger partial charge is 0.497 e. The molecule has 208 valence electrons. The van der Waals surface area contributed by atoms with Gasteiger partial charge in [0, 0.05) is 11.7 Å². The summed E-state index contributed by atoms with van der Waals surface area (Å²) in [7, 11) is 1.58. The fourth-order valence-electron chi connectivity index (χ4n) is 4.07. The van der Waals surface area contributed by atoms with E-state index in [0.717, 1.165) is 12.0 Å². The normalized spacial score (nSPS) is 12.9. The van der Waals surface area contributed by atoms with Crippen molar-refractivity contribution < 1.29 is 23.9 Å². The molecule has 0 saturated carbocycles. The number of rotatable bonds is 11. The van der Waals surface area contributed by atoms with Crippen LogP contribution < -0.4 is 15.4 Å². The summed E-state index contributed by atoms with van der Waals surface area (Å²) < 4.78 is 10.5. The van der Waals surface area contributed by atoms with Gasteiger partial charge in [0.25, 0.3) is 5.91 Å². The molecule has 0 heterocycles. The maximum atomic E-state index is 13.8. The van der Waals surface area contributed by atoms with E-state index >= 15 is 0 Å². The van der Waals surface area contributed by atoms with Crippen LogP contribution in [0.3, 0.4) is 0 Å². The first-order valence-electron chi connectivity index (χ1n) is 13.1. The van der Waals surface area contributed by atoms with Crippen molar-refractivity contribution in [2.24, 2.45) is 5.92 Å². The van der Waals surface area contributed by atoms with Gasteiger partial charge in [0.05, 0.1) is 7.11 Å². The number of carbonyl (C=O) groups is 3. The summed E-state index contributed by atoms with van der Waals surface area (Å²) in [5.74, 6) is 0.386. The number of carbonyl (C=O) groups excluding carboxylic acids is 3. The number of amides is 3. The smallest absolute Gasteiger partial charge is 0.408 e. The van der Waals surface area contributed by atoms with Crippen LogP contribution in [-0.4, -0.2) is 48.1 Å². The second-order valence-corrected chi connectivity index (χ2v) is 11.0. The Kier molecular flexibility index (Phi) is 11.2. The minimum Gasteiger partial charge on any atom is -0.497 e. The minimum absolute atomic E-state index is 0.266. The van der Waals surface area contributed by atoms with Gasteiger partial charge in [-0.05, 0) is 83.2 Å². The van der Waals surface area contributed by atoms with Gasteiger partial charge in [-0.1, -0.05) is 43.7 Å². The number of hydrogen-bond donors (Lipinski definition) is 2. The highest BCUT2D eigenvalue weighted by molar-refractivity contribution is 5.98. The van der Waals surface area contributed by atoms with Crippen molar-refractivity contribution in [1.29, 1.82) is 0 Å². The summed E-state index contributed by atoms with van der Waals surface area (Å²) in [5.41, 5.74) is 1.55. The Morgan fingerprint density at radius 2 is 1.63 bits per heavy atom. The molecule has 38 heavy (non-hydrogen) atoms. The van der Waals surface area contributed by atoms with E-state index in [1.165, 1.54) is 0 Å². The zero-order chi connectivity index (χ0) is 28.5. The molecule has 0 aliphatic rings. The number of hydrogen-bond acceptors (Lipinski definition) is 5. The van der Waals surface area contributed by atoms with Gasteiger partial charge in [0.2, 0.25) is 5.91 Å². The van der Waals surface area contributed by atoms with Crippen LogP contribution >= 0.6 is 0 Å². The van der Waals surface area contributed by atoms with Crippen LogP contribution in [0.1, 0.15) is 71.6 Å². The molecular weight excluding hydrogens is 482 g/mol. The summed E-state index contributed by atoms with van der Waals surface area (Å²) in [6.45, 7) is 13.1. The van der Waals surface area contributed by atoms with E-state index < -0.39 is 17.7 Å². The number of ether oxygens (including phenoxy) is 2. The highest BCUT2D eigenvalue weighted by atomic mass is 16.6. The Hall–Kier alpha value is -3.55. The highest BCUT2D eigenvalue weighted by Crippen LogP contribution is 2.29. The highest BCUT2D eigenvalue weighted by Gasteiger charge is 2.35. The summed E-state index contributed by atoms with van der Waals surface area (Å²) in [6.07, 6.45) is 0.898. The van der Waals surface area contributed by atoms with Crippen molar-refractivity contribution in [2.75, 3.05) is 19.0 Å². The van der Waals surface area contributed by atoms with Gasteiger partial charge in [-0.15, -0.1) is 0 Å². The molecule has 0 aromatic heterocycles. The Morgan fingerprint density at radius 1 is 0.974 bits per heavy atom. The van der Waals surface area contributed by atoms with E-state index in [4.69, 9.17) is 9.47 Å². The molecule has 8 heteroatoms. The molecule has 2 aromatic rings. The molecule has 0 aliphatic heterocycles. The van der Waals surface area contributed by atoms with Crippen LogP contribution in [0, 0.1) is 12.8 Å². The van der Waals surface area contributed by atoms with Crippen LogP contribution in [0.4, 0.5) is 10.5 Å². The third-order valence-electron chi connectivity index (χ3n) is 5.95. The number of anilines is 1. The van der Waals surface area contributed by atoms with Crippen molar-refractivity contribution >= 4 is 23.6 Å². The van der Waals surface area contributed by atoms with Gasteiger partial charge < -0.3 is 25.0 Å². The molecule has 0 aliphatic carbocycles. The Balaban J connectivity index is 2.43. The van der Waals surface area contributed by atoms with E-state index in [9.17, 15) is 14.4 Å². The van der Waals surface area contributed by atoms with Gasteiger partial charge in [-0.2, -0.15) is 0 Å². The van der Waals surface area contributed by atoms with Crippen molar-refractivity contribution in [1.82, 2.24) is 10.2 Å². The monoisotopic (exact) mass is 525 g/mol. The predicted molar refractivity (Wildman–Crippen MR) is 150 cm³/mol. The topological polar surface area (TPSA) is 97.0 Å². The van der Waals surface area contributed by atoms with Crippen LogP contribution in [-0.2, 0) is 14.3 Å². The summed E-state index contributed by atoms with van der Waals surface area (Å²) in [5, 5.41) is 5.52. The Labute approximate surface area is 227 Å². The first-order chi connectivity index (χ1) is 17.8. The summed E-state index contributed by atoms with van der Waals surface area (Å²) >= 11 is 0. The van der Waals surface area contributed by atoms with Gasteiger partial charge in [-0.25, -0.2) is 4.79 Å². The molecule has 0 radical (unpaired) electrons. The van der Waals surface area contributed by atoms with Crippen LogP contribution in [0.25, 0.3) is 0 Å². The number of nitrogens with zero attached hydrogens (tertiary/aromatic N) is 1. The van der Waals surface area contributed by atoms with Gasteiger partial charge in [-0.3, -0.25) is 9.59 Å². The first-order valence-corrected chi connectivity index (χ1v) is 13.1. The standard InChI is InChI=1S/C30H43N3O5/c1-20(2)12-13-22(4)33(26(34)19-31-29(36)38-30(5,6)7)27(23-11-9-10-21(3)18-23)28(35)32-24-14-16-25(37-8)17-15-24/h9-11,14-18,20,22,27H,12-13,19H2,1-8H3,(H,31,36)(H,32,35). The molecule has 0 spiro atoms. The molecular formula is C30H43N3O5. The third kappa shape index (κ3) is 9.72. The fourth-order valence-corrected chi connectivity index (χ4v) is 4.07. The number of alkyl carbamates (subject to hydrolysis) is 1. The molecule has 2 atom stereocenters. The van der Waals surface area contributed by atoms with Crippen molar-refractivity contribution in [3.63, 3.8) is 0 Å². The lowest BCUT2D eigenvalue weighted by atomic mass is 9.97. The average molecular weight is 526 g/mol. The van der Waals surface area contributed by atoms with Crippen LogP contribution in [0.15, 0.2) is 48.5 Å². The lowest BCUT2D eigenvalue weighted by molar-refractivity contribution is -0.140. The molecule has 0 saturated heterocycles. The number of methoxy groups -OCH3 is 1. The zero-order valence-electron chi connectivity index (χ0n) is 24.0. The number of aryl methyl sites for hydroxylation is 1. The predicted octanol–water partition coefficient (Wildman–Crippen LogP) is 5.86. The van der Waals surface area contributed by atoms with Crippen LogP contribution in [0.2, 0.25) is 0 Å². The molecule has 0 bridgehead atoms. The molecule has 8 nitrogen and oxygen atoms in total. The second kappa shape index (κ2) is 13.8. The van der Waals surface area contributed by atoms with Crippen molar-refractivity contribution in [3.05, 3.63) is 59.7 Å². The zero-order valence-corrected chi connectivity index (χ0v) is 24.0. The van der Waals surface area contributed by atoms with Gasteiger partial charge >= 0.3 is 6.09 Å². The lowest BCUT2D eigenvalue weighted by Crippen LogP contribution is -2.50. The van der Waals surface area contributed by atoms with Crippen molar-refractivity contribution in [3.8, 4) is 5.75 Å². The lowest BCUT2D eigenvalue weighted by Gasteiger charge is -2.37. The maximum absolute atomic E-state index is 13.8.